The van der Waals surface area contributed by atoms with Crippen LogP contribution in [0, 0.1) is 12.7 Å². The number of hydrogen-bond donors (Lipinski definition) is 0. The fourth-order valence-corrected chi connectivity index (χ4v) is 4.34. The van der Waals surface area contributed by atoms with Crippen LogP contribution in [0.5, 0.6) is 0 Å². The average Bonchev–Trinajstić information content (AvgIpc) is 2.76. The third-order valence-electron chi connectivity index (χ3n) is 6.13. The molecule has 1 spiro atoms. The first kappa shape index (κ1) is 19.1. The number of carbonyl (C=O) groups excluding carboxylic acids is 1. The first-order chi connectivity index (χ1) is 12.4. The minimum absolute atomic E-state index is 0.0394. The molecule has 1 aromatic rings. The number of amides is 1. The second-order valence-corrected chi connectivity index (χ2v) is 7.81. The Morgan fingerprint density at radius 1 is 1.27 bits per heavy atom. The molecule has 5 heteroatoms. The monoisotopic (exact) mass is 359 g/mol. The van der Waals surface area contributed by atoms with E-state index in [1.54, 1.807) is 12.1 Å². The quantitative estimate of drug-likeness (QED) is 0.774. The SMILES string of the molecule is C=CCN1CCC2(CCC1=O)CN(Cc1ccc(F)cc1C)CCN2C. The zero-order valence-corrected chi connectivity index (χ0v) is 16.0. The standard InChI is InChI=1S/C21H30FN3O/c1-4-10-25-11-9-21(8-7-20(25)26)16-24(13-12-23(21)3)15-18-5-6-19(22)14-17(18)2/h4-6,14H,1,7-13,15-16H2,2-3H3. The summed E-state index contributed by atoms with van der Waals surface area (Å²) in [6.45, 7) is 11.0. The number of likely N-dealkylation sites (N-methyl/N-ethyl adjacent to an activating group) is 1. The van der Waals surface area contributed by atoms with E-state index in [9.17, 15) is 9.18 Å². The molecule has 4 nitrogen and oxygen atoms in total. The van der Waals surface area contributed by atoms with Gasteiger partial charge in [0.05, 0.1) is 0 Å². The third-order valence-corrected chi connectivity index (χ3v) is 6.13. The maximum atomic E-state index is 13.4. The average molecular weight is 359 g/mol. The van der Waals surface area contributed by atoms with E-state index in [0.29, 0.717) is 13.0 Å². The van der Waals surface area contributed by atoms with Gasteiger partial charge in [-0.2, -0.15) is 0 Å². The summed E-state index contributed by atoms with van der Waals surface area (Å²) < 4.78 is 13.4. The zero-order chi connectivity index (χ0) is 18.7. The molecule has 1 atom stereocenters. The molecule has 142 valence electrons. The number of piperazine rings is 1. The van der Waals surface area contributed by atoms with Gasteiger partial charge >= 0.3 is 0 Å². The first-order valence-electron chi connectivity index (χ1n) is 9.51. The minimum Gasteiger partial charge on any atom is -0.339 e. The van der Waals surface area contributed by atoms with Gasteiger partial charge in [0.1, 0.15) is 5.82 Å². The molecule has 3 rings (SSSR count). The Morgan fingerprint density at radius 3 is 2.81 bits per heavy atom. The van der Waals surface area contributed by atoms with E-state index in [4.69, 9.17) is 0 Å². The lowest BCUT2D eigenvalue weighted by Gasteiger charge is -2.49. The molecule has 0 aromatic heterocycles. The number of aryl methyl sites for hydroxylation is 1. The molecule has 2 saturated heterocycles. The Hall–Kier alpha value is -1.72. The van der Waals surface area contributed by atoms with Crippen LogP contribution >= 0.6 is 0 Å². The summed E-state index contributed by atoms with van der Waals surface area (Å²) >= 11 is 0. The Morgan fingerprint density at radius 2 is 2.08 bits per heavy atom. The summed E-state index contributed by atoms with van der Waals surface area (Å²) in [6.07, 6.45) is 4.29. The zero-order valence-electron chi connectivity index (χ0n) is 16.0. The number of likely N-dealkylation sites (tertiary alicyclic amines) is 1. The molecule has 1 unspecified atom stereocenters. The lowest BCUT2D eigenvalue weighted by atomic mass is 9.86. The van der Waals surface area contributed by atoms with Crippen molar-refractivity contribution in [2.45, 2.75) is 38.3 Å². The second-order valence-electron chi connectivity index (χ2n) is 7.81. The molecule has 0 aliphatic carbocycles. The van der Waals surface area contributed by atoms with Gasteiger partial charge in [-0.1, -0.05) is 12.1 Å². The van der Waals surface area contributed by atoms with E-state index in [1.807, 2.05) is 24.0 Å². The predicted octanol–water partition coefficient (Wildman–Crippen LogP) is 2.82. The fraction of sp³-hybridized carbons (Fsp3) is 0.571. The van der Waals surface area contributed by atoms with Crippen LogP contribution in [0.25, 0.3) is 0 Å². The molecule has 1 amide bonds. The Balaban J connectivity index is 1.73. The Labute approximate surface area is 156 Å². The van der Waals surface area contributed by atoms with Crippen molar-refractivity contribution < 1.29 is 9.18 Å². The van der Waals surface area contributed by atoms with Crippen molar-refractivity contribution in [2.24, 2.45) is 0 Å². The van der Waals surface area contributed by atoms with Gasteiger partial charge < -0.3 is 4.90 Å². The highest BCUT2D eigenvalue weighted by atomic mass is 19.1. The molecular formula is C21H30FN3O. The van der Waals surface area contributed by atoms with Crippen LogP contribution in [-0.4, -0.2) is 65.9 Å². The molecule has 2 heterocycles. The van der Waals surface area contributed by atoms with E-state index >= 15 is 0 Å². The molecule has 2 aliphatic rings. The largest absolute Gasteiger partial charge is 0.339 e. The van der Waals surface area contributed by atoms with Crippen LogP contribution in [0.15, 0.2) is 30.9 Å². The normalized spacial score (nSPS) is 25.5. The maximum absolute atomic E-state index is 13.4. The van der Waals surface area contributed by atoms with Gasteiger partial charge in [0.15, 0.2) is 0 Å². The van der Waals surface area contributed by atoms with Crippen molar-refractivity contribution in [3.05, 3.63) is 47.8 Å². The Bertz CT molecular complexity index is 677. The van der Waals surface area contributed by atoms with Crippen molar-refractivity contribution >= 4 is 5.91 Å². The van der Waals surface area contributed by atoms with Gasteiger partial charge in [-0.25, -0.2) is 4.39 Å². The van der Waals surface area contributed by atoms with Crippen molar-refractivity contribution in [1.29, 1.82) is 0 Å². The fourth-order valence-electron chi connectivity index (χ4n) is 4.34. The summed E-state index contributed by atoms with van der Waals surface area (Å²) in [4.78, 5) is 19.2. The molecule has 26 heavy (non-hydrogen) atoms. The molecule has 0 bridgehead atoms. The number of rotatable bonds is 4. The van der Waals surface area contributed by atoms with E-state index < -0.39 is 0 Å². The van der Waals surface area contributed by atoms with Crippen molar-refractivity contribution in [1.82, 2.24) is 14.7 Å². The smallest absolute Gasteiger partial charge is 0.222 e. The molecule has 0 saturated carbocycles. The highest BCUT2D eigenvalue weighted by Crippen LogP contribution is 2.32. The molecule has 1 aromatic carbocycles. The van der Waals surface area contributed by atoms with E-state index in [2.05, 4.69) is 23.4 Å². The third kappa shape index (κ3) is 3.99. The molecule has 0 radical (unpaired) electrons. The van der Waals surface area contributed by atoms with E-state index in [1.165, 1.54) is 5.56 Å². The van der Waals surface area contributed by atoms with Gasteiger partial charge in [-0.3, -0.25) is 14.6 Å². The number of halogens is 1. The van der Waals surface area contributed by atoms with Crippen LogP contribution in [0.2, 0.25) is 0 Å². The summed E-state index contributed by atoms with van der Waals surface area (Å²) in [5.74, 6) is 0.0624. The molecular weight excluding hydrogens is 329 g/mol. The van der Waals surface area contributed by atoms with Crippen LogP contribution in [0.3, 0.4) is 0 Å². The molecule has 0 N–H and O–H groups in total. The van der Waals surface area contributed by atoms with Crippen LogP contribution in [0.4, 0.5) is 4.39 Å². The first-order valence-corrected chi connectivity index (χ1v) is 9.51. The summed E-state index contributed by atoms with van der Waals surface area (Å²) in [5, 5.41) is 0. The highest BCUT2D eigenvalue weighted by Gasteiger charge is 2.42. The van der Waals surface area contributed by atoms with Crippen LogP contribution in [-0.2, 0) is 11.3 Å². The van der Waals surface area contributed by atoms with Gasteiger partial charge in [-0.05, 0) is 50.1 Å². The summed E-state index contributed by atoms with van der Waals surface area (Å²) in [5.41, 5.74) is 2.23. The van der Waals surface area contributed by atoms with E-state index in [-0.39, 0.29) is 17.3 Å². The van der Waals surface area contributed by atoms with E-state index in [0.717, 1.165) is 51.1 Å². The second kappa shape index (κ2) is 7.89. The molecule has 2 fully saturated rings. The maximum Gasteiger partial charge on any atom is 0.222 e. The Kier molecular flexibility index (Phi) is 5.78. The summed E-state index contributed by atoms with van der Waals surface area (Å²) in [7, 11) is 2.19. The van der Waals surface area contributed by atoms with Crippen molar-refractivity contribution in [2.75, 3.05) is 39.8 Å². The van der Waals surface area contributed by atoms with Crippen LogP contribution < -0.4 is 0 Å². The van der Waals surface area contributed by atoms with Gasteiger partial charge in [0.25, 0.3) is 0 Å². The number of carbonyl (C=O) groups is 1. The van der Waals surface area contributed by atoms with Gasteiger partial charge in [0, 0.05) is 51.2 Å². The lowest BCUT2D eigenvalue weighted by molar-refractivity contribution is -0.130. The van der Waals surface area contributed by atoms with Gasteiger partial charge in [-0.15, -0.1) is 6.58 Å². The number of hydrogen-bond acceptors (Lipinski definition) is 3. The number of nitrogens with zero attached hydrogens (tertiary/aromatic N) is 3. The lowest BCUT2D eigenvalue weighted by Crippen LogP contribution is -2.60. The topological polar surface area (TPSA) is 26.8 Å². The number of benzene rings is 1. The highest BCUT2D eigenvalue weighted by molar-refractivity contribution is 5.76. The summed E-state index contributed by atoms with van der Waals surface area (Å²) in [6, 6.07) is 5.06. The minimum atomic E-state index is -0.175. The van der Waals surface area contributed by atoms with Crippen molar-refractivity contribution in [3.8, 4) is 0 Å². The van der Waals surface area contributed by atoms with Crippen LogP contribution in [0.1, 0.15) is 30.4 Å². The molecule has 2 aliphatic heterocycles. The van der Waals surface area contributed by atoms with Gasteiger partial charge in [0.2, 0.25) is 5.91 Å². The van der Waals surface area contributed by atoms with Crippen molar-refractivity contribution in [3.63, 3.8) is 0 Å². The predicted molar refractivity (Wildman–Crippen MR) is 102 cm³/mol.